The molecule has 1 heterocycles. The second-order valence-corrected chi connectivity index (χ2v) is 4.93. The van der Waals surface area contributed by atoms with Gasteiger partial charge in [0.1, 0.15) is 0 Å². The van der Waals surface area contributed by atoms with Gasteiger partial charge in [-0.15, -0.1) is 0 Å². The Hall–Kier alpha value is -0.610. The third kappa shape index (κ3) is 3.76. The predicted octanol–water partition coefficient (Wildman–Crippen LogP) is 1.45. The standard InChI is InChI=1S/C12H25N3O/c1-3-9-16-10-8-15-6-4-12(2,5-7-15)11(13)14/h3-10H2,1-2H3,(H3,13,14). The van der Waals surface area contributed by atoms with Crippen molar-refractivity contribution in [1.29, 1.82) is 5.41 Å². The molecule has 0 aromatic rings. The first-order valence-electron chi connectivity index (χ1n) is 6.23. The van der Waals surface area contributed by atoms with Crippen LogP contribution in [-0.2, 0) is 4.74 Å². The van der Waals surface area contributed by atoms with Crippen LogP contribution >= 0.6 is 0 Å². The molecule has 0 aliphatic carbocycles. The Morgan fingerprint density at radius 1 is 1.38 bits per heavy atom. The van der Waals surface area contributed by atoms with E-state index in [2.05, 4.69) is 18.7 Å². The molecule has 0 unspecified atom stereocenters. The molecule has 94 valence electrons. The molecule has 0 spiro atoms. The summed E-state index contributed by atoms with van der Waals surface area (Å²) in [6.45, 7) is 8.98. The molecule has 3 N–H and O–H groups in total. The monoisotopic (exact) mass is 227 g/mol. The lowest BCUT2D eigenvalue weighted by Crippen LogP contribution is -2.45. The third-order valence-electron chi connectivity index (χ3n) is 3.51. The van der Waals surface area contributed by atoms with Gasteiger partial charge in [-0.1, -0.05) is 13.8 Å². The summed E-state index contributed by atoms with van der Waals surface area (Å²) >= 11 is 0. The number of hydrogen-bond acceptors (Lipinski definition) is 3. The number of ether oxygens (including phenoxy) is 1. The minimum Gasteiger partial charge on any atom is -0.387 e. The summed E-state index contributed by atoms with van der Waals surface area (Å²) in [5.41, 5.74) is 5.56. The van der Waals surface area contributed by atoms with Crippen molar-refractivity contribution in [3.63, 3.8) is 0 Å². The van der Waals surface area contributed by atoms with Gasteiger partial charge in [0.25, 0.3) is 0 Å². The van der Waals surface area contributed by atoms with Gasteiger partial charge in [-0.05, 0) is 32.4 Å². The zero-order valence-electron chi connectivity index (χ0n) is 10.6. The number of nitrogens with two attached hydrogens (primary N) is 1. The molecule has 1 rings (SSSR count). The van der Waals surface area contributed by atoms with Crippen molar-refractivity contribution in [2.75, 3.05) is 32.8 Å². The molecular formula is C12H25N3O. The number of amidine groups is 1. The number of likely N-dealkylation sites (tertiary alicyclic amines) is 1. The average molecular weight is 227 g/mol. The predicted molar refractivity (Wildman–Crippen MR) is 66.8 cm³/mol. The van der Waals surface area contributed by atoms with Crippen LogP contribution in [0.2, 0.25) is 0 Å². The minimum absolute atomic E-state index is 0.0687. The van der Waals surface area contributed by atoms with E-state index in [9.17, 15) is 0 Å². The van der Waals surface area contributed by atoms with Gasteiger partial charge in [-0.2, -0.15) is 0 Å². The first-order chi connectivity index (χ1) is 7.58. The number of rotatable bonds is 6. The summed E-state index contributed by atoms with van der Waals surface area (Å²) in [7, 11) is 0. The van der Waals surface area contributed by atoms with E-state index < -0.39 is 0 Å². The fourth-order valence-electron chi connectivity index (χ4n) is 1.98. The molecule has 0 saturated carbocycles. The Morgan fingerprint density at radius 2 is 2.00 bits per heavy atom. The van der Waals surface area contributed by atoms with Crippen LogP contribution in [-0.4, -0.2) is 43.6 Å². The second-order valence-electron chi connectivity index (χ2n) is 4.93. The Morgan fingerprint density at radius 3 is 2.50 bits per heavy atom. The number of piperidine rings is 1. The molecule has 0 radical (unpaired) electrons. The topological polar surface area (TPSA) is 62.3 Å². The van der Waals surface area contributed by atoms with Crippen LogP contribution in [0, 0.1) is 10.8 Å². The summed E-state index contributed by atoms with van der Waals surface area (Å²) in [6, 6.07) is 0. The highest BCUT2D eigenvalue weighted by Crippen LogP contribution is 2.30. The summed E-state index contributed by atoms with van der Waals surface area (Å²) in [5.74, 6) is 0.342. The lowest BCUT2D eigenvalue weighted by molar-refractivity contribution is 0.0833. The maximum absolute atomic E-state index is 7.58. The summed E-state index contributed by atoms with van der Waals surface area (Å²) in [6.07, 6.45) is 3.08. The van der Waals surface area contributed by atoms with Crippen LogP contribution in [0.3, 0.4) is 0 Å². The van der Waals surface area contributed by atoms with E-state index in [4.69, 9.17) is 15.9 Å². The summed E-state index contributed by atoms with van der Waals surface area (Å²) in [5, 5.41) is 7.58. The SMILES string of the molecule is CCCOCCN1CCC(C)(C(=N)N)CC1. The number of nitrogens with one attached hydrogen (secondary N) is 1. The molecule has 1 saturated heterocycles. The van der Waals surface area contributed by atoms with Gasteiger partial charge in [-0.3, -0.25) is 5.41 Å². The molecule has 4 heteroatoms. The summed E-state index contributed by atoms with van der Waals surface area (Å²) < 4.78 is 5.48. The highest BCUT2D eigenvalue weighted by molar-refractivity contribution is 5.83. The zero-order valence-corrected chi connectivity index (χ0v) is 10.6. The van der Waals surface area contributed by atoms with Crippen molar-refractivity contribution >= 4 is 5.84 Å². The van der Waals surface area contributed by atoms with Crippen molar-refractivity contribution in [3.8, 4) is 0 Å². The molecule has 0 amide bonds. The van der Waals surface area contributed by atoms with Crippen molar-refractivity contribution in [1.82, 2.24) is 4.90 Å². The highest BCUT2D eigenvalue weighted by atomic mass is 16.5. The molecule has 1 aliphatic heterocycles. The van der Waals surface area contributed by atoms with Crippen molar-refractivity contribution in [2.24, 2.45) is 11.1 Å². The lowest BCUT2D eigenvalue weighted by atomic mass is 9.79. The first-order valence-corrected chi connectivity index (χ1v) is 6.23. The number of nitrogens with zero attached hydrogens (tertiary/aromatic N) is 1. The van der Waals surface area contributed by atoms with Gasteiger partial charge in [0.05, 0.1) is 12.4 Å². The molecular weight excluding hydrogens is 202 g/mol. The fourth-order valence-corrected chi connectivity index (χ4v) is 1.98. The Labute approximate surface area is 98.6 Å². The van der Waals surface area contributed by atoms with E-state index in [-0.39, 0.29) is 5.41 Å². The van der Waals surface area contributed by atoms with Crippen LogP contribution in [0.25, 0.3) is 0 Å². The van der Waals surface area contributed by atoms with Crippen molar-refractivity contribution < 1.29 is 4.74 Å². The third-order valence-corrected chi connectivity index (χ3v) is 3.51. The molecule has 1 aliphatic rings. The van der Waals surface area contributed by atoms with E-state index in [1.165, 1.54) is 0 Å². The first kappa shape index (κ1) is 13.5. The van der Waals surface area contributed by atoms with Gasteiger partial charge in [-0.25, -0.2) is 0 Å². The van der Waals surface area contributed by atoms with Gasteiger partial charge >= 0.3 is 0 Å². The van der Waals surface area contributed by atoms with Gasteiger partial charge in [0.2, 0.25) is 0 Å². The smallest absolute Gasteiger partial charge is 0.0966 e. The largest absolute Gasteiger partial charge is 0.387 e. The second kappa shape index (κ2) is 6.21. The maximum atomic E-state index is 7.58. The maximum Gasteiger partial charge on any atom is 0.0966 e. The molecule has 0 aromatic heterocycles. The Balaban J connectivity index is 2.19. The van der Waals surface area contributed by atoms with Crippen LogP contribution in [0.15, 0.2) is 0 Å². The fraction of sp³-hybridized carbons (Fsp3) is 0.917. The lowest BCUT2D eigenvalue weighted by Gasteiger charge is -2.38. The van der Waals surface area contributed by atoms with Crippen molar-refractivity contribution in [2.45, 2.75) is 33.1 Å². The van der Waals surface area contributed by atoms with E-state index in [0.717, 1.165) is 52.1 Å². The molecule has 0 aromatic carbocycles. The average Bonchev–Trinajstić information content (AvgIpc) is 2.27. The minimum atomic E-state index is -0.0687. The molecule has 0 atom stereocenters. The van der Waals surface area contributed by atoms with Crippen LogP contribution in [0.1, 0.15) is 33.1 Å². The quantitative estimate of drug-likeness (QED) is 0.410. The Kier molecular flexibility index (Phi) is 5.22. The van der Waals surface area contributed by atoms with Gasteiger partial charge < -0.3 is 15.4 Å². The van der Waals surface area contributed by atoms with E-state index >= 15 is 0 Å². The van der Waals surface area contributed by atoms with Crippen LogP contribution in [0.5, 0.6) is 0 Å². The van der Waals surface area contributed by atoms with Crippen LogP contribution in [0.4, 0.5) is 0 Å². The van der Waals surface area contributed by atoms with E-state index in [0.29, 0.717) is 5.84 Å². The highest BCUT2D eigenvalue weighted by Gasteiger charge is 2.32. The normalized spacial score (nSPS) is 20.9. The number of hydrogen-bond donors (Lipinski definition) is 2. The van der Waals surface area contributed by atoms with E-state index in [1.54, 1.807) is 0 Å². The molecule has 4 nitrogen and oxygen atoms in total. The van der Waals surface area contributed by atoms with Gasteiger partial charge in [0, 0.05) is 18.6 Å². The summed E-state index contributed by atoms with van der Waals surface area (Å²) in [4.78, 5) is 2.40. The van der Waals surface area contributed by atoms with Gasteiger partial charge in [0.15, 0.2) is 0 Å². The molecule has 1 fully saturated rings. The van der Waals surface area contributed by atoms with E-state index in [1.807, 2.05) is 0 Å². The molecule has 0 bridgehead atoms. The van der Waals surface area contributed by atoms with Crippen LogP contribution < -0.4 is 5.73 Å². The molecule has 16 heavy (non-hydrogen) atoms. The zero-order chi connectivity index (χ0) is 12.0. The van der Waals surface area contributed by atoms with Crippen molar-refractivity contribution in [3.05, 3.63) is 0 Å². The Bertz CT molecular complexity index is 222.